The largest absolute Gasteiger partial charge is 0.384 e. The van der Waals surface area contributed by atoms with Crippen molar-refractivity contribution in [2.24, 2.45) is 0 Å². The maximum atomic E-state index is 13.9. The van der Waals surface area contributed by atoms with Crippen LogP contribution in [0.5, 0.6) is 0 Å². The SMILES string of the molecule is CC(NC(=O)c1ccc(C#CCO)cc1F)c1cccs1. The van der Waals surface area contributed by atoms with Crippen LogP contribution in [0.1, 0.15) is 33.8 Å². The average Bonchev–Trinajstić information content (AvgIpc) is 2.99. The molecule has 1 atom stereocenters. The summed E-state index contributed by atoms with van der Waals surface area (Å²) in [6.07, 6.45) is 0. The molecule has 1 aromatic heterocycles. The molecule has 2 aromatic rings. The summed E-state index contributed by atoms with van der Waals surface area (Å²) in [6.45, 7) is 1.56. The number of aliphatic hydroxyl groups is 1. The zero-order valence-corrected chi connectivity index (χ0v) is 12.2. The van der Waals surface area contributed by atoms with Gasteiger partial charge in [0.2, 0.25) is 0 Å². The monoisotopic (exact) mass is 303 g/mol. The minimum Gasteiger partial charge on any atom is -0.384 e. The van der Waals surface area contributed by atoms with Gasteiger partial charge in [-0.1, -0.05) is 17.9 Å². The molecule has 0 bridgehead atoms. The Hall–Kier alpha value is -2.16. The number of nitrogens with one attached hydrogen (secondary N) is 1. The van der Waals surface area contributed by atoms with Crippen LogP contribution < -0.4 is 5.32 Å². The Kier molecular flexibility index (Phi) is 5.09. The molecule has 0 fully saturated rings. The fraction of sp³-hybridized carbons (Fsp3) is 0.188. The third kappa shape index (κ3) is 3.91. The minimum atomic E-state index is -0.629. The molecule has 0 aliphatic rings. The van der Waals surface area contributed by atoms with Crippen molar-refractivity contribution in [1.82, 2.24) is 5.32 Å². The highest BCUT2D eigenvalue weighted by molar-refractivity contribution is 7.10. The van der Waals surface area contributed by atoms with Crippen LogP contribution in [0.25, 0.3) is 0 Å². The third-order valence-corrected chi connectivity index (χ3v) is 3.90. The Morgan fingerprint density at radius 2 is 2.29 bits per heavy atom. The van der Waals surface area contributed by atoms with E-state index in [4.69, 9.17) is 5.11 Å². The number of carbonyl (C=O) groups is 1. The van der Waals surface area contributed by atoms with Gasteiger partial charge in [0.05, 0.1) is 11.6 Å². The second-order valence-electron chi connectivity index (χ2n) is 4.37. The van der Waals surface area contributed by atoms with E-state index in [1.165, 1.54) is 23.5 Å². The molecule has 21 heavy (non-hydrogen) atoms. The van der Waals surface area contributed by atoms with E-state index in [2.05, 4.69) is 17.2 Å². The highest BCUT2D eigenvalue weighted by Crippen LogP contribution is 2.19. The van der Waals surface area contributed by atoms with Gasteiger partial charge in [0.1, 0.15) is 12.4 Å². The van der Waals surface area contributed by atoms with Crippen molar-refractivity contribution in [3.8, 4) is 11.8 Å². The van der Waals surface area contributed by atoms with Gasteiger partial charge in [-0.05, 0) is 36.6 Å². The molecule has 1 heterocycles. The van der Waals surface area contributed by atoms with Gasteiger partial charge in [-0.2, -0.15) is 0 Å². The molecular formula is C16H14FNO2S. The van der Waals surface area contributed by atoms with Gasteiger partial charge < -0.3 is 10.4 Å². The van der Waals surface area contributed by atoms with Crippen molar-refractivity contribution < 1.29 is 14.3 Å². The van der Waals surface area contributed by atoms with Gasteiger partial charge >= 0.3 is 0 Å². The van der Waals surface area contributed by atoms with Crippen molar-refractivity contribution >= 4 is 17.2 Å². The second kappa shape index (κ2) is 7.02. The van der Waals surface area contributed by atoms with Gasteiger partial charge in [-0.25, -0.2) is 4.39 Å². The van der Waals surface area contributed by atoms with Crippen molar-refractivity contribution in [3.63, 3.8) is 0 Å². The molecule has 1 amide bonds. The summed E-state index contributed by atoms with van der Waals surface area (Å²) >= 11 is 1.53. The summed E-state index contributed by atoms with van der Waals surface area (Å²) in [5.41, 5.74) is 0.400. The van der Waals surface area contributed by atoms with Crippen LogP contribution in [-0.2, 0) is 0 Å². The number of halogens is 1. The van der Waals surface area contributed by atoms with E-state index in [1.54, 1.807) is 6.07 Å². The summed E-state index contributed by atoms with van der Waals surface area (Å²) < 4.78 is 13.9. The van der Waals surface area contributed by atoms with E-state index in [1.807, 2.05) is 24.4 Å². The molecule has 0 radical (unpaired) electrons. The zero-order valence-electron chi connectivity index (χ0n) is 11.4. The summed E-state index contributed by atoms with van der Waals surface area (Å²) in [5.74, 6) is 3.93. The van der Waals surface area contributed by atoms with Gasteiger partial charge in [0.15, 0.2) is 0 Å². The lowest BCUT2D eigenvalue weighted by molar-refractivity contribution is 0.0936. The maximum Gasteiger partial charge on any atom is 0.254 e. The predicted molar refractivity (Wildman–Crippen MR) is 80.6 cm³/mol. The highest BCUT2D eigenvalue weighted by Gasteiger charge is 2.15. The van der Waals surface area contributed by atoms with Gasteiger partial charge in [0, 0.05) is 10.4 Å². The Bertz CT molecular complexity index is 686. The first-order chi connectivity index (χ1) is 10.1. The summed E-state index contributed by atoms with van der Waals surface area (Å²) in [4.78, 5) is 13.1. The van der Waals surface area contributed by atoms with Gasteiger partial charge in [0.25, 0.3) is 5.91 Å². The Morgan fingerprint density at radius 3 is 2.90 bits per heavy atom. The number of rotatable bonds is 3. The van der Waals surface area contributed by atoms with Crippen molar-refractivity contribution in [3.05, 3.63) is 57.5 Å². The standard InChI is InChI=1S/C16H14FNO2S/c1-11(15-5-3-9-21-15)18-16(20)13-7-6-12(4-2-8-19)10-14(13)17/h3,5-7,9-11,19H,8H2,1H3,(H,18,20). The number of hydrogen-bond acceptors (Lipinski definition) is 3. The van der Waals surface area contributed by atoms with Crippen molar-refractivity contribution in [2.75, 3.05) is 6.61 Å². The molecule has 2 rings (SSSR count). The van der Waals surface area contributed by atoms with E-state index in [-0.39, 0.29) is 18.2 Å². The van der Waals surface area contributed by atoms with Crippen LogP contribution in [0.2, 0.25) is 0 Å². The predicted octanol–water partition coefficient (Wildman–Crippen LogP) is 2.72. The van der Waals surface area contributed by atoms with Crippen LogP contribution in [-0.4, -0.2) is 17.6 Å². The normalized spacial score (nSPS) is 11.4. The molecule has 0 spiro atoms. The fourth-order valence-electron chi connectivity index (χ4n) is 1.80. The molecule has 5 heteroatoms. The van der Waals surface area contributed by atoms with Crippen molar-refractivity contribution in [1.29, 1.82) is 0 Å². The molecule has 1 aromatic carbocycles. The van der Waals surface area contributed by atoms with Crippen LogP contribution in [0.15, 0.2) is 35.7 Å². The molecule has 0 saturated carbocycles. The van der Waals surface area contributed by atoms with Gasteiger partial charge in [-0.15, -0.1) is 11.3 Å². The molecular weight excluding hydrogens is 289 g/mol. The molecule has 0 aliphatic heterocycles. The zero-order chi connectivity index (χ0) is 15.2. The lowest BCUT2D eigenvalue weighted by Gasteiger charge is -2.12. The van der Waals surface area contributed by atoms with E-state index in [9.17, 15) is 9.18 Å². The lowest BCUT2D eigenvalue weighted by atomic mass is 10.1. The smallest absolute Gasteiger partial charge is 0.254 e. The maximum absolute atomic E-state index is 13.9. The average molecular weight is 303 g/mol. The Labute approximate surface area is 126 Å². The second-order valence-corrected chi connectivity index (χ2v) is 5.34. The van der Waals surface area contributed by atoms with E-state index < -0.39 is 11.7 Å². The van der Waals surface area contributed by atoms with Crippen LogP contribution >= 0.6 is 11.3 Å². The van der Waals surface area contributed by atoms with Crippen LogP contribution in [0.3, 0.4) is 0 Å². The first-order valence-corrected chi connectivity index (χ1v) is 7.23. The summed E-state index contributed by atoms with van der Waals surface area (Å²) in [5, 5.41) is 13.3. The molecule has 0 saturated heterocycles. The van der Waals surface area contributed by atoms with Gasteiger partial charge in [-0.3, -0.25) is 4.79 Å². The number of thiophene rings is 1. The first-order valence-electron chi connectivity index (χ1n) is 6.35. The van der Waals surface area contributed by atoms with Crippen LogP contribution in [0, 0.1) is 17.7 Å². The summed E-state index contributed by atoms with van der Waals surface area (Å²) in [6, 6.07) is 7.78. The Morgan fingerprint density at radius 1 is 1.48 bits per heavy atom. The fourth-order valence-corrected chi connectivity index (χ4v) is 2.54. The number of hydrogen-bond donors (Lipinski definition) is 2. The lowest BCUT2D eigenvalue weighted by Crippen LogP contribution is -2.27. The topological polar surface area (TPSA) is 49.3 Å². The molecule has 1 unspecified atom stereocenters. The van der Waals surface area contributed by atoms with Crippen molar-refractivity contribution in [2.45, 2.75) is 13.0 Å². The third-order valence-electron chi connectivity index (χ3n) is 2.84. The highest BCUT2D eigenvalue weighted by atomic mass is 32.1. The number of carbonyl (C=O) groups excluding carboxylic acids is 1. The first kappa shape index (κ1) is 15.2. The number of aliphatic hydroxyl groups excluding tert-OH is 1. The van der Waals surface area contributed by atoms with E-state index in [0.29, 0.717) is 5.56 Å². The molecule has 3 nitrogen and oxygen atoms in total. The summed E-state index contributed by atoms with van der Waals surface area (Å²) in [7, 11) is 0. The van der Waals surface area contributed by atoms with Crippen LogP contribution in [0.4, 0.5) is 4.39 Å². The number of benzene rings is 1. The van der Waals surface area contributed by atoms with E-state index in [0.717, 1.165) is 4.88 Å². The molecule has 0 aliphatic carbocycles. The number of amides is 1. The molecule has 2 N–H and O–H groups in total. The Balaban J connectivity index is 2.12. The minimum absolute atomic E-state index is 0.0204. The quantitative estimate of drug-likeness (QED) is 0.857. The van der Waals surface area contributed by atoms with E-state index >= 15 is 0 Å². The molecule has 108 valence electrons.